The number of benzene rings is 1. The second kappa shape index (κ2) is 8.01. The highest BCUT2D eigenvalue weighted by molar-refractivity contribution is 7.09. The largest absolute Gasteiger partial charge is 0.349 e. The van der Waals surface area contributed by atoms with Crippen LogP contribution in [0, 0.1) is 12.8 Å². The zero-order valence-electron chi connectivity index (χ0n) is 16.3. The third-order valence-corrected chi connectivity index (χ3v) is 6.69. The highest BCUT2D eigenvalue weighted by Gasteiger charge is 2.49. The van der Waals surface area contributed by atoms with E-state index in [1.807, 2.05) is 47.5 Å². The van der Waals surface area contributed by atoms with Gasteiger partial charge in [-0.3, -0.25) is 14.5 Å². The number of nitrogens with one attached hydrogen (secondary N) is 1. The molecule has 3 atom stereocenters. The van der Waals surface area contributed by atoms with Gasteiger partial charge in [0.2, 0.25) is 11.8 Å². The SMILES string of the molecule is CCN1CC(=O)N2[C@H](C[C@@H](C(=O)NCc3nc(C)cs3)[C@H]2c2ccccc2)C1. The Labute approximate surface area is 169 Å². The van der Waals surface area contributed by atoms with E-state index in [1.54, 1.807) is 11.3 Å². The van der Waals surface area contributed by atoms with Crippen LogP contribution in [0.4, 0.5) is 0 Å². The van der Waals surface area contributed by atoms with Crippen LogP contribution in [0.2, 0.25) is 0 Å². The van der Waals surface area contributed by atoms with Crippen LogP contribution in [0.25, 0.3) is 0 Å². The average Bonchev–Trinajstić information content (AvgIpc) is 3.30. The van der Waals surface area contributed by atoms with Gasteiger partial charge >= 0.3 is 0 Å². The maximum Gasteiger partial charge on any atom is 0.237 e. The lowest BCUT2D eigenvalue weighted by Gasteiger charge is -2.39. The van der Waals surface area contributed by atoms with Crippen molar-refractivity contribution in [3.63, 3.8) is 0 Å². The van der Waals surface area contributed by atoms with E-state index in [0.29, 0.717) is 19.5 Å². The van der Waals surface area contributed by atoms with E-state index < -0.39 is 0 Å². The molecule has 2 aliphatic rings. The van der Waals surface area contributed by atoms with E-state index in [4.69, 9.17) is 0 Å². The predicted octanol–water partition coefficient (Wildman–Crippen LogP) is 2.36. The van der Waals surface area contributed by atoms with E-state index in [2.05, 4.69) is 22.1 Å². The van der Waals surface area contributed by atoms with Crippen molar-refractivity contribution in [2.75, 3.05) is 19.6 Å². The van der Waals surface area contributed by atoms with Crippen molar-refractivity contribution < 1.29 is 9.59 Å². The zero-order valence-corrected chi connectivity index (χ0v) is 17.1. The van der Waals surface area contributed by atoms with Crippen molar-refractivity contribution >= 4 is 23.2 Å². The van der Waals surface area contributed by atoms with Crippen molar-refractivity contribution in [3.05, 3.63) is 52.0 Å². The van der Waals surface area contributed by atoms with Gasteiger partial charge in [-0.1, -0.05) is 37.3 Å². The van der Waals surface area contributed by atoms with Crippen molar-refractivity contribution in [2.45, 2.75) is 38.9 Å². The third-order valence-electron chi connectivity index (χ3n) is 5.72. The van der Waals surface area contributed by atoms with Crippen molar-refractivity contribution in [3.8, 4) is 0 Å². The minimum atomic E-state index is -0.241. The summed E-state index contributed by atoms with van der Waals surface area (Å²) in [6.45, 7) is 6.59. The number of fused-ring (bicyclic) bond motifs is 1. The topological polar surface area (TPSA) is 65.5 Å². The van der Waals surface area contributed by atoms with Crippen LogP contribution in [0.15, 0.2) is 35.7 Å². The molecule has 2 saturated heterocycles. The number of aryl methyl sites for hydroxylation is 1. The molecule has 148 valence electrons. The Bertz CT molecular complexity index is 853. The summed E-state index contributed by atoms with van der Waals surface area (Å²) in [5, 5.41) is 5.96. The fourth-order valence-electron chi connectivity index (χ4n) is 4.43. The van der Waals surface area contributed by atoms with Gasteiger partial charge in [-0.15, -0.1) is 11.3 Å². The molecule has 0 spiro atoms. The molecule has 0 radical (unpaired) electrons. The summed E-state index contributed by atoms with van der Waals surface area (Å²) in [6.07, 6.45) is 0.699. The second-order valence-corrected chi connectivity index (χ2v) is 8.52. The van der Waals surface area contributed by atoms with Gasteiger partial charge < -0.3 is 10.2 Å². The summed E-state index contributed by atoms with van der Waals surface area (Å²) in [5.41, 5.74) is 2.01. The highest BCUT2D eigenvalue weighted by Crippen LogP contribution is 2.43. The summed E-state index contributed by atoms with van der Waals surface area (Å²) >= 11 is 1.56. The highest BCUT2D eigenvalue weighted by atomic mass is 32.1. The molecule has 0 bridgehead atoms. The quantitative estimate of drug-likeness (QED) is 0.840. The first-order valence-corrected chi connectivity index (χ1v) is 10.7. The molecule has 2 fully saturated rings. The Morgan fingerprint density at radius 1 is 1.32 bits per heavy atom. The Balaban J connectivity index is 1.57. The van der Waals surface area contributed by atoms with Crippen LogP contribution in [-0.2, 0) is 16.1 Å². The second-order valence-electron chi connectivity index (χ2n) is 7.58. The molecule has 6 nitrogen and oxygen atoms in total. The summed E-state index contributed by atoms with van der Waals surface area (Å²) in [4.78, 5) is 34.6. The van der Waals surface area contributed by atoms with Crippen molar-refractivity contribution in [1.82, 2.24) is 20.1 Å². The number of carbonyl (C=O) groups is 2. The molecule has 2 aromatic rings. The first-order chi connectivity index (χ1) is 13.6. The Kier molecular flexibility index (Phi) is 5.46. The number of hydrogen-bond acceptors (Lipinski definition) is 5. The van der Waals surface area contributed by atoms with Gasteiger partial charge in [0.15, 0.2) is 0 Å². The van der Waals surface area contributed by atoms with Crippen LogP contribution in [-0.4, -0.2) is 52.3 Å². The van der Waals surface area contributed by atoms with Gasteiger partial charge in [0.1, 0.15) is 5.01 Å². The Hall–Kier alpha value is -2.25. The summed E-state index contributed by atoms with van der Waals surface area (Å²) in [7, 11) is 0. The van der Waals surface area contributed by atoms with Gasteiger partial charge in [0.25, 0.3) is 0 Å². The first-order valence-electron chi connectivity index (χ1n) is 9.84. The summed E-state index contributed by atoms with van der Waals surface area (Å²) in [6, 6.07) is 9.85. The monoisotopic (exact) mass is 398 g/mol. The molecule has 1 aromatic heterocycles. The molecule has 0 saturated carbocycles. The molecule has 2 amide bonds. The van der Waals surface area contributed by atoms with E-state index >= 15 is 0 Å². The maximum absolute atomic E-state index is 13.1. The third kappa shape index (κ3) is 3.69. The molecule has 0 unspecified atom stereocenters. The maximum atomic E-state index is 13.1. The van der Waals surface area contributed by atoms with Crippen LogP contribution >= 0.6 is 11.3 Å². The lowest BCUT2D eigenvalue weighted by molar-refractivity contribution is -0.140. The molecular formula is C21H26N4O2S. The fraction of sp³-hybridized carbons (Fsp3) is 0.476. The van der Waals surface area contributed by atoms with Crippen molar-refractivity contribution in [2.24, 2.45) is 5.92 Å². The van der Waals surface area contributed by atoms with Crippen molar-refractivity contribution in [1.29, 1.82) is 0 Å². The van der Waals surface area contributed by atoms with Gasteiger partial charge in [0.05, 0.1) is 25.0 Å². The molecular weight excluding hydrogens is 372 g/mol. The fourth-order valence-corrected chi connectivity index (χ4v) is 5.14. The minimum Gasteiger partial charge on any atom is -0.349 e. The molecule has 1 N–H and O–H groups in total. The van der Waals surface area contributed by atoms with Crippen LogP contribution < -0.4 is 5.32 Å². The van der Waals surface area contributed by atoms with Gasteiger partial charge in [0, 0.05) is 23.7 Å². The van der Waals surface area contributed by atoms with E-state index in [-0.39, 0.29) is 29.8 Å². The number of aromatic nitrogens is 1. The lowest BCUT2D eigenvalue weighted by Crippen LogP contribution is -2.54. The lowest BCUT2D eigenvalue weighted by atomic mass is 9.92. The van der Waals surface area contributed by atoms with E-state index in [1.165, 1.54) is 0 Å². The Morgan fingerprint density at radius 2 is 2.11 bits per heavy atom. The number of amides is 2. The first kappa shape index (κ1) is 19.1. The predicted molar refractivity (Wildman–Crippen MR) is 109 cm³/mol. The molecule has 7 heteroatoms. The minimum absolute atomic E-state index is 0.00644. The van der Waals surface area contributed by atoms with Crippen LogP contribution in [0.5, 0.6) is 0 Å². The number of thiazole rings is 1. The van der Waals surface area contributed by atoms with Crippen LogP contribution in [0.1, 0.15) is 35.7 Å². The standard InChI is InChI=1S/C21H26N4O2S/c1-3-24-11-16-9-17(21(27)22-10-18-23-14(2)13-28-18)20(25(16)19(26)12-24)15-7-5-4-6-8-15/h4-8,13,16-17,20H,3,9-12H2,1-2H3,(H,22,27)/t16-,17-,20-/m1/s1. The summed E-state index contributed by atoms with van der Waals surface area (Å²) in [5.74, 6) is -0.112. The molecule has 2 aliphatic heterocycles. The number of nitrogens with zero attached hydrogens (tertiary/aromatic N) is 3. The smallest absolute Gasteiger partial charge is 0.237 e. The number of hydrogen-bond donors (Lipinski definition) is 1. The van der Waals surface area contributed by atoms with Gasteiger partial charge in [-0.25, -0.2) is 4.98 Å². The molecule has 1 aromatic carbocycles. The molecule has 28 heavy (non-hydrogen) atoms. The molecule has 4 rings (SSSR count). The summed E-state index contributed by atoms with van der Waals surface area (Å²) < 4.78 is 0. The Morgan fingerprint density at radius 3 is 2.79 bits per heavy atom. The van der Waals surface area contributed by atoms with Gasteiger partial charge in [-0.05, 0) is 25.5 Å². The normalized spacial score (nSPS) is 25.0. The number of rotatable bonds is 5. The molecule has 3 heterocycles. The zero-order chi connectivity index (χ0) is 19.7. The molecule has 0 aliphatic carbocycles. The number of likely N-dealkylation sites (N-methyl/N-ethyl adjacent to an activating group) is 1. The van der Waals surface area contributed by atoms with E-state index in [0.717, 1.165) is 29.4 Å². The van der Waals surface area contributed by atoms with Crippen LogP contribution in [0.3, 0.4) is 0 Å². The number of piperazine rings is 1. The van der Waals surface area contributed by atoms with E-state index in [9.17, 15) is 9.59 Å². The average molecular weight is 399 g/mol. The van der Waals surface area contributed by atoms with Gasteiger partial charge in [-0.2, -0.15) is 0 Å². The number of carbonyl (C=O) groups excluding carboxylic acids is 2.